The highest BCUT2D eigenvalue weighted by Gasteiger charge is 2.13. The molecule has 2 N–H and O–H groups in total. The Labute approximate surface area is 165 Å². The van der Waals surface area contributed by atoms with E-state index in [1.807, 2.05) is 32.0 Å². The highest BCUT2D eigenvalue weighted by molar-refractivity contribution is 5.95. The van der Waals surface area contributed by atoms with Crippen molar-refractivity contribution in [3.05, 3.63) is 90.9 Å². The summed E-state index contributed by atoms with van der Waals surface area (Å²) in [5, 5.41) is 17.5. The average molecular weight is 393 g/mol. The average Bonchev–Trinajstić information content (AvgIpc) is 2.96. The Morgan fingerprint density at radius 1 is 1.17 bits per heavy atom. The molecule has 0 radical (unpaired) electrons. The Hall–Kier alpha value is -4.01. The number of carbonyl (C=O) groups is 1. The van der Waals surface area contributed by atoms with Crippen molar-refractivity contribution in [2.24, 2.45) is 5.10 Å². The molecular formula is C20H19N5O4. The zero-order valence-corrected chi connectivity index (χ0v) is 16.1. The van der Waals surface area contributed by atoms with Crippen molar-refractivity contribution in [2.45, 2.75) is 20.8 Å². The molecule has 0 aliphatic rings. The van der Waals surface area contributed by atoms with E-state index in [0.717, 1.165) is 16.8 Å². The third-order valence-corrected chi connectivity index (χ3v) is 4.41. The minimum atomic E-state index is -0.546. The van der Waals surface area contributed by atoms with Crippen LogP contribution in [0.15, 0.2) is 52.4 Å². The number of aromatic nitrogens is 2. The summed E-state index contributed by atoms with van der Waals surface area (Å²) in [6, 6.07) is 10.9. The molecule has 0 bridgehead atoms. The lowest BCUT2D eigenvalue weighted by molar-refractivity contribution is -0.384. The van der Waals surface area contributed by atoms with Crippen LogP contribution in [0.1, 0.15) is 32.7 Å². The molecule has 0 saturated heterocycles. The quantitative estimate of drug-likeness (QED) is 0.393. The molecule has 0 saturated carbocycles. The van der Waals surface area contributed by atoms with Crippen LogP contribution < -0.4 is 11.0 Å². The molecule has 0 aliphatic carbocycles. The first-order valence-corrected chi connectivity index (χ1v) is 8.75. The summed E-state index contributed by atoms with van der Waals surface area (Å²) in [4.78, 5) is 35.0. The number of nitrogens with zero attached hydrogens (tertiary/aromatic N) is 3. The minimum absolute atomic E-state index is 0.111. The first-order valence-electron chi connectivity index (χ1n) is 8.75. The fourth-order valence-electron chi connectivity index (χ4n) is 2.89. The third-order valence-electron chi connectivity index (χ3n) is 4.41. The number of hydrogen-bond donors (Lipinski definition) is 2. The Bertz CT molecular complexity index is 1170. The van der Waals surface area contributed by atoms with E-state index in [0.29, 0.717) is 11.3 Å². The van der Waals surface area contributed by atoms with Crippen LogP contribution in [-0.2, 0) is 0 Å². The smallest absolute Gasteiger partial charge is 0.280 e. The number of aryl methyl sites for hydroxylation is 3. The van der Waals surface area contributed by atoms with Crippen LogP contribution in [0.4, 0.5) is 5.69 Å². The highest BCUT2D eigenvalue weighted by atomic mass is 16.6. The number of nitro benzene ring substituents is 1. The van der Waals surface area contributed by atoms with Crippen molar-refractivity contribution < 1.29 is 9.72 Å². The summed E-state index contributed by atoms with van der Waals surface area (Å²) in [5.74, 6) is -0.543. The van der Waals surface area contributed by atoms with Gasteiger partial charge in [0.1, 0.15) is 0 Å². The van der Waals surface area contributed by atoms with E-state index >= 15 is 0 Å². The zero-order valence-electron chi connectivity index (χ0n) is 16.1. The van der Waals surface area contributed by atoms with E-state index in [9.17, 15) is 19.7 Å². The Balaban J connectivity index is 1.79. The number of non-ortho nitro benzene ring substituents is 1. The molecule has 1 aromatic heterocycles. The van der Waals surface area contributed by atoms with Crippen molar-refractivity contribution in [2.75, 3.05) is 0 Å². The molecule has 9 nitrogen and oxygen atoms in total. The fourth-order valence-corrected chi connectivity index (χ4v) is 2.89. The van der Waals surface area contributed by atoms with Gasteiger partial charge < -0.3 is 0 Å². The summed E-state index contributed by atoms with van der Waals surface area (Å²) in [7, 11) is 0. The number of hydrogen-bond acceptors (Lipinski definition) is 5. The molecule has 0 aliphatic heterocycles. The number of aromatic amines is 1. The van der Waals surface area contributed by atoms with Gasteiger partial charge in [0.05, 0.1) is 22.4 Å². The Morgan fingerprint density at radius 3 is 2.48 bits per heavy atom. The predicted octanol–water partition coefficient (Wildman–Crippen LogP) is 2.76. The van der Waals surface area contributed by atoms with Gasteiger partial charge in [-0.25, -0.2) is 10.1 Å². The molecule has 2 aromatic carbocycles. The van der Waals surface area contributed by atoms with Crippen molar-refractivity contribution in [3.63, 3.8) is 0 Å². The van der Waals surface area contributed by atoms with E-state index in [4.69, 9.17) is 0 Å². The fraction of sp³-hybridized carbons (Fsp3) is 0.150. The van der Waals surface area contributed by atoms with Crippen LogP contribution in [0, 0.1) is 30.9 Å². The number of nitro groups is 1. The van der Waals surface area contributed by atoms with Gasteiger partial charge in [0, 0.05) is 23.4 Å². The van der Waals surface area contributed by atoms with Gasteiger partial charge in [0.15, 0.2) is 0 Å². The first kappa shape index (κ1) is 19.7. The van der Waals surface area contributed by atoms with Crippen molar-refractivity contribution in [3.8, 4) is 5.69 Å². The van der Waals surface area contributed by atoms with E-state index < -0.39 is 10.8 Å². The summed E-state index contributed by atoms with van der Waals surface area (Å²) in [6.07, 6.45) is 1.28. The molecule has 148 valence electrons. The van der Waals surface area contributed by atoms with Gasteiger partial charge in [0.25, 0.3) is 17.2 Å². The second-order valence-electron chi connectivity index (χ2n) is 6.58. The summed E-state index contributed by atoms with van der Waals surface area (Å²) >= 11 is 0. The normalized spacial score (nSPS) is 11.0. The maximum Gasteiger partial charge on any atom is 0.280 e. The van der Waals surface area contributed by atoms with Gasteiger partial charge in [-0.05, 0) is 44.5 Å². The van der Waals surface area contributed by atoms with E-state index in [1.165, 1.54) is 35.2 Å². The van der Waals surface area contributed by atoms with Crippen LogP contribution in [0.25, 0.3) is 5.69 Å². The topological polar surface area (TPSA) is 122 Å². The summed E-state index contributed by atoms with van der Waals surface area (Å²) in [6.45, 7) is 5.63. The number of H-pyrrole nitrogens is 1. The molecule has 0 atom stereocenters. The van der Waals surface area contributed by atoms with Crippen LogP contribution in [0.2, 0.25) is 0 Å². The minimum Gasteiger partial charge on any atom is -0.295 e. The number of hydrazone groups is 1. The van der Waals surface area contributed by atoms with Gasteiger partial charge in [-0.2, -0.15) is 5.10 Å². The molecule has 3 aromatic rings. The van der Waals surface area contributed by atoms with Gasteiger partial charge in [0.2, 0.25) is 0 Å². The predicted molar refractivity (Wildman–Crippen MR) is 109 cm³/mol. The van der Waals surface area contributed by atoms with E-state index in [1.54, 1.807) is 6.92 Å². The molecule has 9 heteroatoms. The van der Waals surface area contributed by atoms with Crippen LogP contribution >= 0.6 is 0 Å². The van der Waals surface area contributed by atoms with E-state index in [2.05, 4.69) is 15.6 Å². The largest absolute Gasteiger partial charge is 0.295 e. The summed E-state index contributed by atoms with van der Waals surface area (Å²) in [5.41, 5.74) is 5.82. The number of amides is 1. The van der Waals surface area contributed by atoms with Crippen LogP contribution in [0.3, 0.4) is 0 Å². The monoisotopic (exact) mass is 393 g/mol. The van der Waals surface area contributed by atoms with Crippen LogP contribution in [0.5, 0.6) is 0 Å². The van der Waals surface area contributed by atoms with Gasteiger partial charge in [-0.3, -0.25) is 24.8 Å². The number of benzene rings is 2. The number of carbonyl (C=O) groups excluding carboxylic acids is 1. The highest BCUT2D eigenvalue weighted by Crippen LogP contribution is 2.14. The Kier molecular flexibility index (Phi) is 5.40. The zero-order chi connectivity index (χ0) is 21.1. The van der Waals surface area contributed by atoms with Crippen molar-refractivity contribution >= 4 is 17.8 Å². The number of rotatable bonds is 5. The van der Waals surface area contributed by atoms with Gasteiger partial charge in [-0.1, -0.05) is 17.7 Å². The standard InChI is InChI=1S/C20H19N5O4/c1-12-4-9-18(13(2)10-12)24-20(27)17(14(3)23-24)11-21-22-19(26)15-5-7-16(8-6-15)25(28)29/h4-11,23H,1-3H3,(H,22,26)/b21-11+. The van der Waals surface area contributed by atoms with Crippen molar-refractivity contribution in [1.29, 1.82) is 0 Å². The molecule has 1 heterocycles. The van der Waals surface area contributed by atoms with Gasteiger partial charge in [-0.15, -0.1) is 0 Å². The molecule has 0 spiro atoms. The molecule has 0 fully saturated rings. The maximum atomic E-state index is 12.7. The second-order valence-corrected chi connectivity index (χ2v) is 6.58. The molecule has 1 amide bonds. The maximum absolute atomic E-state index is 12.7. The molecule has 29 heavy (non-hydrogen) atoms. The lowest BCUT2D eigenvalue weighted by Gasteiger charge is -2.06. The Morgan fingerprint density at radius 2 is 1.86 bits per heavy atom. The van der Waals surface area contributed by atoms with Crippen molar-refractivity contribution in [1.82, 2.24) is 15.2 Å². The molecule has 0 unspecified atom stereocenters. The molecule has 3 rings (SSSR count). The lowest BCUT2D eigenvalue weighted by atomic mass is 10.1. The SMILES string of the molecule is Cc1ccc(-n2[nH]c(C)c(/C=N/NC(=O)c3ccc([N+](=O)[O-])cc3)c2=O)c(C)c1. The second kappa shape index (κ2) is 7.93. The lowest BCUT2D eigenvalue weighted by Crippen LogP contribution is -2.20. The van der Waals surface area contributed by atoms with Crippen LogP contribution in [-0.4, -0.2) is 26.8 Å². The molecular weight excluding hydrogens is 374 g/mol. The van der Waals surface area contributed by atoms with E-state index in [-0.39, 0.29) is 16.8 Å². The van der Waals surface area contributed by atoms with Gasteiger partial charge >= 0.3 is 0 Å². The summed E-state index contributed by atoms with van der Waals surface area (Å²) < 4.78 is 1.43. The third kappa shape index (κ3) is 4.13. The first-order chi connectivity index (χ1) is 13.8. The number of nitrogens with one attached hydrogen (secondary N) is 2.